The predicted molar refractivity (Wildman–Crippen MR) is 118 cm³/mol. The van der Waals surface area contributed by atoms with Crippen LogP contribution in [0.15, 0.2) is 36.5 Å². The highest BCUT2D eigenvalue weighted by Gasteiger charge is 2.36. The summed E-state index contributed by atoms with van der Waals surface area (Å²) in [4.78, 5) is 19.0. The topological polar surface area (TPSA) is 102 Å². The molecule has 0 amide bonds. The highest BCUT2D eigenvalue weighted by molar-refractivity contribution is 5.78. The number of nitrogens with one attached hydrogen (secondary N) is 1. The third-order valence-corrected chi connectivity index (χ3v) is 6.30. The maximum atomic E-state index is 5.80. The summed E-state index contributed by atoms with van der Waals surface area (Å²) in [6.07, 6.45) is 1.34. The molecule has 5 heterocycles. The zero-order valence-electron chi connectivity index (χ0n) is 17.4. The Morgan fingerprint density at radius 3 is 2.94 bits per heavy atom. The molecule has 3 aliphatic heterocycles. The van der Waals surface area contributed by atoms with Crippen LogP contribution in [0.2, 0.25) is 0 Å². The molecule has 3 aliphatic rings. The van der Waals surface area contributed by atoms with Gasteiger partial charge in [-0.3, -0.25) is 10.6 Å². The number of rotatable bonds is 3. The Morgan fingerprint density at radius 2 is 2.06 bits per heavy atom. The molecule has 9 heteroatoms. The second-order valence-electron chi connectivity index (χ2n) is 8.38. The summed E-state index contributed by atoms with van der Waals surface area (Å²) in [7, 11) is 0. The molecule has 3 aromatic rings. The van der Waals surface area contributed by atoms with Gasteiger partial charge in [0.15, 0.2) is 5.65 Å². The molecule has 0 spiro atoms. The Labute approximate surface area is 180 Å². The van der Waals surface area contributed by atoms with E-state index in [-0.39, 0.29) is 0 Å². The largest absolute Gasteiger partial charge is 0.456 e. The lowest BCUT2D eigenvalue weighted by atomic mass is 10.0. The third-order valence-electron chi connectivity index (χ3n) is 6.30. The Bertz CT molecular complexity index is 1130. The van der Waals surface area contributed by atoms with Gasteiger partial charge >= 0.3 is 0 Å². The van der Waals surface area contributed by atoms with Gasteiger partial charge in [0.05, 0.1) is 30.8 Å². The summed E-state index contributed by atoms with van der Waals surface area (Å²) in [6, 6.07) is 10.8. The average Bonchev–Trinajstić information content (AvgIpc) is 3.12. The number of fused-ring (bicyclic) bond motifs is 2. The van der Waals surface area contributed by atoms with Gasteiger partial charge in [0, 0.05) is 37.3 Å². The number of ether oxygens (including phenoxy) is 2. The van der Waals surface area contributed by atoms with Crippen LogP contribution in [-0.4, -0.2) is 71.1 Å². The molecule has 2 atom stereocenters. The van der Waals surface area contributed by atoms with Crippen LogP contribution in [0.4, 0.5) is 11.5 Å². The third kappa shape index (κ3) is 3.34. The van der Waals surface area contributed by atoms with Crippen molar-refractivity contribution >= 4 is 22.7 Å². The lowest BCUT2D eigenvalue weighted by molar-refractivity contribution is -0.0275. The summed E-state index contributed by atoms with van der Waals surface area (Å²) in [5.41, 5.74) is 9.92. The highest BCUT2D eigenvalue weighted by Crippen LogP contribution is 2.34. The van der Waals surface area contributed by atoms with Crippen molar-refractivity contribution in [3.8, 4) is 17.0 Å². The number of hydrogen-bond acceptors (Lipinski definition) is 9. The molecular formula is C22H25N7O2. The van der Waals surface area contributed by atoms with E-state index in [2.05, 4.69) is 27.0 Å². The van der Waals surface area contributed by atoms with Crippen LogP contribution < -0.4 is 20.7 Å². The SMILES string of the molecule is C[C@@H]1COCCN1C1CN(c2cnc3ccc(-c4ccc5c(c4)NC(N)O5)nc3n2)C1. The van der Waals surface area contributed by atoms with Gasteiger partial charge < -0.3 is 19.7 Å². The number of pyridine rings is 1. The molecule has 31 heavy (non-hydrogen) atoms. The molecule has 0 saturated carbocycles. The van der Waals surface area contributed by atoms with E-state index in [0.717, 1.165) is 66.9 Å². The summed E-state index contributed by atoms with van der Waals surface area (Å²) < 4.78 is 11.1. The molecular weight excluding hydrogens is 394 g/mol. The molecule has 6 rings (SSSR count). The van der Waals surface area contributed by atoms with E-state index < -0.39 is 6.35 Å². The fourth-order valence-electron chi connectivity index (χ4n) is 4.56. The van der Waals surface area contributed by atoms with Gasteiger partial charge in [-0.05, 0) is 37.3 Å². The molecule has 160 valence electrons. The van der Waals surface area contributed by atoms with E-state index in [9.17, 15) is 0 Å². The number of nitrogens with zero attached hydrogens (tertiary/aromatic N) is 5. The number of anilines is 2. The van der Waals surface area contributed by atoms with Crippen molar-refractivity contribution < 1.29 is 9.47 Å². The number of benzene rings is 1. The molecule has 2 fully saturated rings. The Balaban J connectivity index is 1.23. The molecule has 2 aromatic heterocycles. The quantitative estimate of drug-likeness (QED) is 0.656. The summed E-state index contributed by atoms with van der Waals surface area (Å²) in [6.45, 7) is 6.79. The molecule has 0 bridgehead atoms. The Morgan fingerprint density at radius 1 is 1.16 bits per heavy atom. The lowest BCUT2D eigenvalue weighted by Gasteiger charge is -2.49. The van der Waals surface area contributed by atoms with E-state index in [1.807, 2.05) is 36.5 Å². The van der Waals surface area contributed by atoms with Gasteiger partial charge in [-0.15, -0.1) is 0 Å². The Hall–Kier alpha value is -3.01. The van der Waals surface area contributed by atoms with Crippen LogP contribution >= 0.6 is 0 Å². The number of hydrogen-bond donors (Lipinski definition) is 2. The van der Waals surface area contributed by atoms with Crippen LogP contribution in [-0.2, 0) is 4.74 Å². The minimum Gasteiger partial charge on any atom is -0.456 e. The molecule has 3 N–H and O–H groups in total. The second kappa shape index (κ2) is 7.30. The van der Waals surface area contributed by atoms with Crippen LogP contribution in [0.5, 0.6) is 5.75 Å². The lowest BCUT2D eigenvalue weighted by Crippen LogP contribution is -2.64. The van der Waals surface area contributed by atoms with E-state index in [4.69, 9.17) is 25.2 Å². The first kappa shape index (κ1) is 18.7. The van der Waals surface area contributed by atoms with Gasteiger partial charge in [0.2, 0.25) is 6.35 Å². The van der Waals surface area contributed by atoms with Gasteiger partial charge in [0.1, 0.15) is 17.1 Å². The van der Waals surface area contributed by atoms with Crippen molar-refractivity contribution in [2.45, 2.75) is 25.4 Å². The van der Waals surface area contributed by atoms with E-state index in [0.29, 0.717) is 17.7 Å². The second-order valence-corrected chi connectivity index (χ2v) is 8.38. The molecule has 1 aromatic carbocycles. The maximum absolute atomic E-state index is 5.80. The molecule has 0 aliphatic carbocycles. The normalized spacial score (nSPS) is 23.9. The van der Waals surface area contributed by atoms with Gasteiger partial charge in [-0.1, -0.05) is 0 Å². The summed E-state index contributed by atoms with van der Waals surface area (Å²) >= 11 is 0. The van der Waals surface area contributed by atoms with Crippen LogP contribution in [0, 0.1) is 0 Å². The molecule has 2 saturated heterocycles. The van der Waals surface area contributed by atoms with Crippen molar-refractivity contribution in [1.82, 2.24) is 19.9 Å². The highest BCUT2D eigenvalue weighted by atomic mass is 16.5. The van der Waals surface area contributed by atoms with E-state index in [1.165, 1.54) is 0 Å². The van der Waals surface area contributed by atoms with Crippen molar-refractivity contribution in [2.24, 2.45) is 5.73 Å². The smallest absolute Gasteiger partial charge is 0.225 e. The van der Waals surface area contributed by atoms with Crippen molar-refractivity contribution in [2.75, 3.05) is 43.1 Å². The van der Waals surface area contributed by atoms with Crippen LogP contribution in [0.25, 0.3) is 22.4 Å². The number of morpholine rings is 1. The van der Waals surface area contributed by atoms with Crippen molar-refractivity contribution in [3.63, 3.8) is 0 Å². The fraction of sp³-hybridized carbons (Fsp3) is 0.409. The fourth-order valence-corrected chi connectivity index (χ4v) is 4.56. The summed E-state index contributed by atoms with van der Waals surface area (Å²) in [5.74, 6) is 1.63. The first-order valence-electron chi connectivity index (χ1n) is 10.7. The first-order chi connectivity index (χ1) is 15.1. The van der Waals surface area contributed by atoms with Gasteiger partial charge in [-0.25, -0.2) is 15.0 Å². The number of nitrogens with two attached hydrogens (primary N) is 1. The minimum atomic E-state index is -0.510. The Kier molecular flexibility index (Phi) is 4.41. The van der Waals surface area contributed by atoms with Gasteiger partial charge in [-0.2, -0.15) is 0 Å². The zero-order chi connectivity index (χ0) is 20.9. The van der Waals surface area contributed by atoms with Crippen LogP contribution in [0.1, 0.15) is 6.92 Å². The van der Waals surface area contributed by atoms with Crippen molar-refractivity contribution in [3.05, 3.63) is 36.5 Å². The first-order valence-corrected chi connectivity index (χ1v) is 10.7. The van der Waals surface area contributed by atoms with E-state index >= 15 is 0 Å². The molecule has 1 unspecified atom stereocenters. The standard InChI is InChI=1S/C22H25N7O2/c1-13-12-30-7-6-29(13)15-10-28(11-15)20-9-24-17-4-3-16(25-21(17)27-20)14-2-5-19-18(8-14)26-22(23)31-19/h2-5,8-9,13,15,22,26H,6-7,10-12,23H2,1H3/t13-,22?/m1/s1. The molecule has 9 nitrogen and oxygen atoms in total. The van der Waals surface area contributed by atoms with E-state index in [1.54, 1.807) is 0 Å². The molecule has 0 radical (unpaired) electrons. The van der Waals surface area contributed by atoms with Crippen LogP contribution in [0.3, 0.4) is 0 Å². The minimum absolute atomic E-state index is 0.467. The van der Waals surface area contributed by atoms with Crippen molar-refractivity contribution in [1.29, 1.82) is 0 Å². The predicted octanol–water partition coefficient (Wildman–Crippen LogP) is 1.65. The zero-order valence-corrected chi connectivity index (χ0v) is 17.4. The average molecular weight is 419 g/mol. The summed E-state index contributed by atoms with van der Waals surface area (Å²) in [5, 5.41) is 3.10. The number of aromatic nitrogens is 3. The van der Waals surface area contributed by atoms with Gasteiger partial charge in [0.25, 0.3) is 0 Å². The monoisotopic (exact) mass is 419 g/mol. The maximum Gasteiger partial charge on any atom is 0.225 e.